The van der Waals surface area contributed by atoms with E-state index in [1.807, 2.05) is 19.2 Å². The van der Waals surface area contributed by atoms with E-state index in [1.165, 1.54) is 11.3 Å². The molecule has 3 rings (SSSR count). The van der Waals surface area contributed by atoms with Gasteiger partial charge < -0.3 is 14.7 Å². The van der Waals surface area contributed by atoms with Crippen LogP contribution in [0.3, 0.4) is 0 Å². The lowest BCUT2D eigenvalue weighted by atomic mass is 10.1. The Balaban J connectivity index is 1.52. The Bertz CT molecular complexity index is 626. The van der Waals surface area contributed by atoms with Gasteiger partial charge in [-0.3, -0.25) is 4.90 Å². The molecule has 1 aromatic carbocycles. The topological polar surface area (TPSA) is 44.5 Å². The van der Waals surface area contributed by atoms with E-state index in [9.17, 15) is 0 Å². The van der Waals surface area contributed by atoms with Crippen LogP contribution in [0.25, 0.3) is 0 Å². The highest BCUT2D eigenvalue weighted by Crippen LogP contribution is 2.22. The van der Waals surface area contributed by atoms with Crippen LogP contribution in [0.1, 0.15) is 18.2 Å². The van der Waals surface area contributed by atoms with Crippen molar-refractivity contribution in [2.45, 2.75) is 19.8 Å². The number of hydrogen-bond donors (Lipinski definition) is 1. The molecular formula is C18H25ClN4O. The molecule has 24 heavy (non-hydrogen) atoms. The van der Waals surface area contributed by atoms with Gasteiger partial charge >= 0.3 is 0 Å². The summed E-state index contributed by atoms with van der Waals surface area (Å²) in [6.07, 6.45) is 1.88. The van der Waals surface area contributed by atoms with Crippen LogP contribution >= 0.6 is 11.6 Å². The molecule has 1 saturated heterocycles. The van der Waals surface area contributed by atoms with Gasteiger partial charge in [0.1, 0.15) is 0 Å². The maximum atomic E-state index is 5.97. The molecular weight excluding hydrogens is 324 g/mol. The molecule has 0 saturated carbocycles. The summed E-state index contributed by atoms with van der Waals surface area (Å²) in [7, 11) is 1.88. The Morgan fingerprint density at radius 2 is 1.88 bits per heavy atom. The molecule has 1 aliphatic rings. The van der Waals surface area contributed by atoms with E-state index in [0.29, 0.717) is 0 Å². The van der Waals surface area contributed by atoms with Gasteiger partial charge in [0.2, 0.25) is 5.88 Å². The van der Waals surface area contributed by atoms with Gasteiger partial charge in [0.25, 0.3) is 0 Å². The Morgan fingerprint density at radius 1 is 1.17 bits per heavy atom. The fraction of sp³-hybridized carbons (Fsp3) is 0.500. The monoisotopic (exact) mass is 348 g/mol. The molecule has 5 nitrogen and oxygen atoms in total. The van der Waals surface area contributed by atoms with Crippen molar-refractivity contribution in [1.29, 1.82) is 0 Å². The maximum Gasteiger partial charge on any atom is 0.227 e. The standard InChI is InChI=1S/C18H25ClN4O/c1-3-17-16(18(20-2)24-21-17)8-9-22-10-12-23(13-11-22)15-6-4-14(19)5-7-15/h4-7,20H,3,8-13H2,1-2H3. The fourth-order valence-electron chi connectivity index (χ4n) is 3.23. The SMILES string of the molecule is CCc1noc(NC)c1CCN1CCN(c2ccc(Cl)cc2)CC1. The van der Waals surface area contributed by atoms with E-state index in [-0.39, 0.29) is 0 Å². The second-order valence-corrected chi connectivity index (χ2v) is 6.53. The van der Waals surface area contributed by atoms with Gasteiger partial charge in [-0.05, 0) is 37.1 Å². The molecule has 2 heterocycles. The van der Waals surface area contributed by atoms with Crippen LogP contribution in [0.4, 0.5) is 11.6 Å². The lowest BCUT2D eigenvalue weighted by molar-refractivity contribution is 0.261. The molecule has 0 spiro atoms. The molecule has 1 fully saturated rings. The summed E-state index contributed by atoms with van der Waals surface area (Å²) in [5, 5.41) is 8.05. The van der Waals surface area contributed by atoms with Crippen LogP contribution in [0, 0.1) is 0 Å². The molecule has 0 unspecified atom stereocenters. The summed E-state index contributed by atoms with van der Waals surface area (Å²) in [5.41, 5.74) is 3.54. The maximum absolute atomic E-state index is 5.97. The third-order valence-corrected chi connectivity index (χ3v) is 4.93. The number of piperazine rings is 1. The highest BCUT2D eigenvalue weighted by atomic mass is 35.5. The Morgan fingerprint density at radius 3 is 2.50 bits per heavy atom. The number of benzene rings is 1. The van der Waals surface area contributed by atoms with Crippen molar-refractivity contribution in [2.24, 2.45) is 0 Å². The second kappa shape index (κ2) is 7.90. The molecule has 1 N–H and O–H groups in total. The summed E-state index contributed by atoms with van der Waals surface area (Å²) in [4.78, 5) is 4.93. The summed E-state index contributed by atoms with van der Waals surface area (Å²) >= 11 is 5.97. The molecule has 2 aromatic rings. The lowest BCUT2D eigenvalue weighted by Crippen LogP contribution is -2.47. The normalized spacial score (nSPS) is 15.7. The van der Waals surface area contributed by atoms with Crippen LogP contribution in [-0.2, 0) is 12.8 Å². The van der Waals surface area contributed by atoms with E-state index in [2.05, 4.69) is 39.3 Å². The van der Waals surface area contributed by atoms with Crippen LogP contribution in [0.2, 0.25) is 5.02 Å². The number of nitrogens with zero attached hydrogens (tertiary/aromatic N) is 3. The third-order valence-electron chi connectivity index (χ3n) is 4.67. The predicted octanol–water partition coefficient (Wildman–Crippen LogP) is 3.30. The van der Waals surface area contributed by atoms with Crippen LogP contribution in [-0.4, -0.2) is 49.8 Å². The molecule has 0 aliphatic carbocycles. The zero-order chi connectivity index (χ0) is 16.9. The second-order valence-electron chi connectivity index (χ2n) is 6.10. The Hall–Kier alpha value is -1.72. The smallest absolute Gasteiger partial charge is 0.227 e. The number of halogens is 1. The van der Waals surface area contributed by atoms with Crippen molar-refractivity contribution >= 4 is 23.2 Å². The van der Waals surface area contributed by atoms with E-state index in [1.54, 1.807) is 0 Å². The predicted molar refractivity (Wildman–Crippen MR) is 99.2 cm³/mol. The quantitative estimate of drug-likeness (QED) is 0.867. The van der Waals surface area contributed by atoms with Gasteiger partial charge in [0.05, 0.1) is 5.69 Å². The van der Waals surface area contributed by atoms with Crippen molar-refractivity contribution in [2.75, 3.05) is 50.0 Å². The molecule has 0 amide bonds. The van der Waals surface area contributed by atoms with Gasteiger partial charge in [-0.25, -0.2) is 0 Å². The zero-order valence-corrected chi connectivity index (χ0v) is 15.1. The average Bonchev–Trinajstić information content (AvgIpc) is 3.03. The minimum absolute atomic E-state index is 0.790. The van der Waals surface area contributed by atoms with Crippen molar-refractivity contribution in [3.63, 3.8) is 0 Å². The fourth-order valence-corrected chi connectivity index (χ4v) is 3.35. The molecule has 0 radical (unpaired) electrons. The van der Waals surface area contributed by atoms with E-state index in [4.69, 9.17) is 16.1 Å². The van der Waals surface area contributed by atoms with Gasteiger partial charge in [0.15, 0.2) is 0 Å². The molecule has 130 valence electrons. The lowest BCUT2D eigenvalue weighted by Gasteiger charge is -2.36. The van der Waals surface area contributed by atoms with Gasteiger partial charge in [0, 0.05) is 56.0 Å². The molecule has 0 atom stereocenters. The Kier molecular flexibility index (Phi) is 5.63. The zero-order valence-electron chi connectivity index (χ0n) is 14.4. The van der Waals surface area contributed by atoms with Crippen molar-refractivity contribution in [3.8, 4) is 0 Å². The first kappa shape index (κ1) is 17.1. The van der Waals surface area contributed by atoms with Gasteiger partial charge in [-0.15, -0.1) is 0 Å². The summed E-state index contributed by atoms with van der Waals surface area (Å²) in [6, 6.07) is 8.12. The largest absolute Gasteiger partial charge is 0.369 e. The van der Waals surface area contributed by atoms with Crippen LogP contribution < -0.4 is 10.2 Å². The molecule has 1 aromatic heterocycles. The van der Waals surface area contributed by atoms with Crippen molar-refractivity contribution in [3.05, 3.63) is 40.5 Å². The van der Waals surface area contributed by atoms with Crippen molar-refractivity contribution in [1.82, 2.24) is 10.1 Å². The van der Waals surface area contributed by atoms with Crippen LogP contribution in [0.15, 0.2) is 28.8 Å². The van der Waals surface area contributed by atoms with Crippen LogP contribution in [0.5, 0.6) is 0 Å². The number of aryl methyl sites for hydroxylation is 1. The first-order chi connectivity index (χ1) is 11.7. The highest BCUT2D eigenvalue weighted by molar-refractivity contribution is 6.30. The highest BCUT2D eigenvalue weighted by Gasteiger charge is 2.19. The summed E-state index contributed by atoms with van der Waals surface area (Å²) < 4.78 is 5.36. The number of hydrogen-bond acceptors (Lipinski definition) is 5. The molecule has 6 heteroatoms. The number of anilines is 2. The van der Waals surface area contributed by atoms with E-state index < -0.39 is 0 Å². The minimum Gasteiger partial charge on any atom is -0.369 e. The van der Waals surface area contributed by atoms with E-state index in [0.717, 1.165) is 62.2 Å². The number of aromatic nitrogens is 1. The molecule has 0 bridgehead atoms. The summed E-state index contributed by atoms with van der Waals surface area (Å²) in [6.45, 7) is 7.40. The first-order valence-corrected chi connectivity index (χ1v) is 8.97. The number of nitrogens with one attached hydrogen (secondary N) is 1. The molecule has 1 aliphatic heterocycles. The van der Waals surface area contributed by atoms with Gasteiger partial charge in [-0.2, -0.15) is 0 Å². The first-order valence-electron chi connectivity index (χ1n) is 8.59. The summed E-state index contributed by atoms with van der Waals surface area (Å²) in [5.74, 6) is 0.812. The van der Waals surface area contributed by atoms with E-state index >= 15 is 0 Å². The van der Waals surface area contributed by atoms with Crippen molar-refractivity contribution < 1.29 is 4.52 Å². The third kappa shape index (κ3) is 3.84. The van der Waals surface area contributed by atoms with Gasteiger partial charge in [-0.1, -0.05) is 23.7 Å². The number of rotatable bonds is 6. The average molecular weight is 349 g/mol. The minimum atomic E-state index is 0.790. The Labute approximate surface area is 148 Å².